The molecule has 0 spiro atoms. The minimum atomic E-state index is -0.0648. The van der Waals surface area contributed by atoms with Gasteiger partial charge in [-0.25, -0.2) is 9.48 Å². The molecule has 0 aliphatic carbocycles. The van der Waals surface area contributed by atoms with Gasteiger partial charge in [-0.1, -0.05) is 6.07 Å². The van der Waals surface area contributed by atoms with Gasteiger partial charge in [-0.05, 0) is 17.9 Å². The molecule has 1 N–H and O–H groups in total. The van der Waals surface area contributed by atoms with Crippen LogP contribution in [-0.4, -0.2) is 27.4 Å². The molecule has 0 fully saturated rings. The van der Waals surface area contributed by atoms with Crippen LogP contribution in [0.3, 0.4) is 0 Å². The molecule has 2 aromatic heterocycles. The lowest BCUT2D eigenvalue weighted by Crippen LogP contribution is -2.29. The fraction of sp³-hybridized carbons (Fsp3) is 0.455. The van der Waals surface area contributed by atoms with Crippen LogP contribution in [0.25, 0.3) is 0 Å². The molecule has 0 aliphatic heterocycles. The van der Waals surface area contributed by atoms with Crippen LogP contribution in [-0.2, 0) is 20.0 Å². The van der Waals surface area contributed by atoms with Crippen molar-refractivity contribution in [3.05, 3.63) is 39.2 Å². The molecule has 0 amide bonds. The molecule has 17 heavy (non-hydrogen) atoms. The maximum absolute atomic E-state index is 11.5. The van der Waals surface area contributed by atoms with Gasteiger partial charge in [0.05, 0.1) is 6.54 Å². The highest BCUT2D eigenvalue weighted by molar-refractivity contribution is 7.09. The topological polar surface area (TPSA) is 51.9 Å². The largest absolute Gasteiger partial charge is 0.345 e. The molecule has 0 saturated carbocycles. The number of thiophene rings is 1. The summed E-state index contributed by atoms with van der Waals surface area (Å²) < 4.78 is 2.95. The molecule has 0 aromatic carbocycles. The van der Waals surface area contributed by atoms with Crippen LogP contribution in [0.15, 0.2) is 28.6 Å². The minimum Gasteiger partial charge on any atom is -0.315 e. The zero-order chi connectivity index (χ0) is 12.1. The third-order valence-electron chi connectivity index (χ3n) is 2.52. The van der Waals surface area contributed by atoms with Crippen molar-refractivity contribution in [3.63, 3.8) is 0 Å². The SMILES string of the molecule is Cn1cnn(CCNCCc2cccs2)c1=O. The molecule has 2 heterocycles. The van der Waals surface area contributed by atoms with Gasteiger partial charge in [0.15, 0.2) is 0 Å². The van der Waals surface area contributed by atoms with Crippen molar-refractivity contribution in [2.24, 2.45) is 7.05 Å². The lowest BCUT2D eigenvalue weighted by molar-refractivity contribution is 0.538. The van der Waals surface area contributed by atoms with Crippen molar-refractivity contribution in [2.75, 3.05) is 13.1 Å². The maximum atomic E-state index is 11.5. The van der Waals surface area contributed by atoms with Crippen LogP contribution in [0.5, 0.6) is 0 Å². The van der Waals surface area contributed by atoms with Gasteiger partial charge in [-0.15, -0.1) is 11.3 Å². The van der Waals surface area contributed by atoms with Crippen LogP contribution < -0.4 is 11.0 Å². The molecular formula is C11H16N4OS. The second kappa shape index (κ2) is 5.79. The zero-order valence-corrected chi connectivity index (χ0v) is 10.6. The van der Waals surface area contributed by atoms with Crippen molar-refractivity contribution >= 4 is 11.3 Å². The van der Waals surface area contributed by atoms with E-state index in [0.717, 1.165) is 19.5 Å². The van der Waals surface area contributed by atoms with Crippen LogP contribution in [0.1, 0.15) is 4.88 Å². The predicted octanol–water partition coefficient (Wildman–Crippen LogP) is 0.476. The smallest absolute Gasteiger partial charge is 0.315 e. The maximum Gasteiger partial charge on any atom is 0.345 e. The lowest BCUT2D eigenvalue weighted by atomic mass is 10.3. The molecule has 92 valence electrons. The summed E-state index contributed by atoms with van der Waals surface area (Å²) in [5, 5.41) is 9.38. The van der Waals surface area contributed by atoms with Gasteiger partial charge in [0.25, 0.3) is 0 Å². The lowest BCUT2D eigenvalue weighted by Gasteiger charge is -2.02. The summed E-state index contributed by atoms with van der Waals surface area (Å²) in [5.74, 6) is 0. The average Bonchev–Trinajstić information content (AvgIpc) is 2.93. The fourth-order valence-corrected chi connectivity index (χ4v) is 2.26. The van der Waals surface area contributed by atoms with E-state index in [1.165, 1.54) is 20.5 Å². The second-order valence-corrected chi connectivity index (χ2v) is 4.86. The molecule has 0 atom stereocenters. The molecule has 5 nitrogen and oxygen atoms in total. The highest BCUT2D eigenvalue weighted by atomic mass is 32.1. The number of nitrogens with one attached hydrogen (secondary N) is 1. The van der Waals surface area contributed by atoms with Crippen molar-refractivity contribution in [1.82, 2.24) is 19.7 Å². The molecule has 2 rings (SSSR count). The molecule has 0 unspecified atom stereocenters. The summed E-state index contributed by atoms with van der Waals surface area (Å²) in [6.07, 6.45) is 2.57. The molecule has 2 aromatic rings. The molecular weight excluding hydrogens is 236 g/mol. The van der Waals surface area contributed by atoms with Crippen LogP contribution in [0.2, 0.25) is 0 Å². The highest BCUT2D eigenvalue weighted by Gasteiger charge is 2.00. The fourth-order valence-electron chi connectivity index (χ4n) is 1.55. The Bertz CT molecular complexity index is 500. The van der Waals surface area contributed by atoms with Gasteiger partial charge < -0.3 is 5.32 Å². The Kier molecular flexibility index (Phi) is 4.11. The molecule has 6 heteroatoms. The van der Waals surface area contributed by atoms with E-state index in [-0.39, 0.29) is 5.69 Å². The molecule has 0 aliphatic rings. The first-order valence-electron chi connectivity index (χ1n) is 5.59. The minimum absolute atomic E-state index is 0.0648. The standard InChI is InChI=1S/C11H16N4OS/c1-14-9-13-15(11(14)16)7-6-12-5-4-10-3-2-8-17-10/h2-3,8-9,12H,4-7H2,1H3. The Hall–Kier alpha value is -1.40. The number of rotatable bonds is 6. The van der Waals surface area contributed by atoms with Crippen molar-refractivity contribution in [1.29, 1.82) is 0 Å². The Morgan fingerprint density at radius 1 is 1.47 bits per heavy atom. The summed E-state index contributed by atoms with van der Waals surface area (Å²) in [6.45, 7) is 2.31. The quantitative estimate of drug-likeness (QED) is 0.761. The Labute approximate surface area is 104 Å². The van der Waals surface area contributed by atoms with E-state index >= 15 is 0 Å². The summed E-state index contributed by atoms with van der Waals surface area (Å²) in [4.78, 5) is 12.8. The number of hydrogen-bond acceptors (Lipinski definition) is 4. The van der Waals surface area contributed by atoms with E-state index < -0.39 is 0 Å². The summed E-state index contributed by atoms with van der Waals surface area (Å²) >= 11 is 1.77. The number of aromatic nitrogens is 3. The number of nitrogens with zero attached hydrogens (tertiary/aromatic N) is 3. The van der Waals surface area contributed by atoms with Crippen molar-refractivity contribution < 1.29 is 0 Å². The molecule has 0 saturated heterocycles. The van der Waals surface area contributed by atoms with E-state index in [0.29, 0.717) is 6.54 Å². The zero-order valence-electron chi connectivity index (χ0n) is 9.80. The predicted molar refractivity (Wildman–Crippen MR) is 68.4 cm³/mol. The van der Waals surface area contributed by atoms with Gasteiger partial charge in [0, 0.05) is 25.0 Å². The van der Waals surface area contributed by atoms with Crippen molar-refractivity contribution in [3.8, 4) is 0 Å². The third kappa shape index (κ3) is 3.28. The van der Waals surface area contributed by atoms with Crippen molar-refractivity contribution in [2.45, 2.75) is 13.0 Å². The van der Waals surface area contributed by atoms with E-state index in [9.17, 15) is 4.79 Å². The van der Waals surface area contributed by atoms with Gasteiger partial charge in [0.2, 0.25) is 0 Å². The van der Waals surface area contributed by atoms with E-state index in [1.54, 1.807) is 18.4 Å². The normalized spacial score (nSPS) is 10.9. The summed E-state index contributed by atoms with van der Waals surface area (Å²) in [7, 11) is 1.70. The van der Waals surface area contributed by atoms with E-state index in [1.807, 2.05) is 0 Å². The monoisotopic (exact) mass is 252 g/mol. The number of hydrogen-bond donors (Lipinski definition) is 1. The van der Waals surface area contributed by atoms with Gasteiger partial charge >= 0.3 is 5.69 Å². The highest BCUT2D eigenvalue weighted by Crippen LogP contribution is 2.07. The molecule has 0 bridgehead atoms. The number of aryl methyl sites for hydroxylation is 1. The average molecular weight is 252 g/mol. The Morgan fingerprint density at radius 3 is 3.00 bits per heavy atom. The first-order chi connectivity index (χ1) is 8.27. The third-order valence-corrected chi connectivity index (χ3v) is 3.45. The van der Waals surface area contributed by atoms with Crippen LogP contribution in [0.4, 0.5) is 0 Å². The van der Waals surface area contributed by atoms with Crippen LogP contribution >= 0.6 is 11.3 Å². The molecule has 0 radical (unpaired) electrons. The summed E-state index contributed by atoms with van der Waals surface area (Å²) in [5.41, 5.74) is -0.0648. The first kappa shape index (κ1) is 12.1. The van der Waals surface area contributed by atoms with Gasteiger partial charge in [0.1, 0.15) is 6.33 Å². The van der Waals surface area contributed by atoms with E-state index in [2.05, 4.69) is 27.9 Å². The summed E-state index contributed by atoms with van der Waals surface area (Å²) in [6, 6.07) is 4.20. The first-order valence-corrected chi connectivity index (χ1v) is 6.47. The Balaban J connectivity index is 1.67. The second-order valence-electron chi connectivity index (χ2n) is 3.83. The van der Waals surface area contributed by atoms with Gasteiger partial charge in [-0.2, -0.15) is 5.10 Å². The van der Waals surface area contributed by atoms with Crippen LogP contribution in [0, 0.1) is 0 Å². The Morgan fingerprint density at radius 2 is 2.35 bits per heavy atom. The van der Waals surface area contributed by atoms with Gasteiger partial charge in [-0.3, -0.25) is 4.57 Å². The van der Waals surface area contributed by atoms with E-state index in [4.69, 9.17) is 0 Å².